The molecule has 2 aromatic rings. The maximum Gasteiger partial charge on any atom is 0.144 e. The van der Waals surface area contributed by atoms with Crippen LogP contribution >= 0.6 is 0 Å². The molecule has 100 valence electrons. The van der Waals surface area contributed by atoms with Crippen LogP contribution in [0.25, 0.3) is 11.3 Å². The number of nitrogens with two attached hydrogens (primary N) is 1. The fourth-order valence-electron chi connectivity index (χ4n) is 1.81. The van der Waals surface area contributed by atoms with E-state index in [2.05, 4.69) is 15.4 Å². The highest BCUT2D eigenvalue weighted by molar-refractivity contribution is 5.62. The quantitative estimate of drug-likeness (QED) is 0.471. The SMILES string of the molecule is COCCCc1nc(NN)cc(-c2ccccc2)n1. The maximum atomic E-state index is 5.46. The lowest BCUT2D eigenvalue weighted by molar-refractivity contribution is 0.194. The predicted octanol–water partition coefficient (Wildman–Crippen LogP) is 2.01. The summed E-state index contributed by atoms with van der Waals surface area (Å²) in [4.78, 5) is 8.91. The highest BCUT2D eigenvalue weighted by Crippen LogP contribution is 2.19. The number of nitrogens with zero attached hydrogens (tertiary/aromatic N) is 2. The molecule has 0 aliphatic heterocycles. The Balaban J connectivity index is 2.26. The molecular formula is C14H18N4O. The Labute approximate surface area is 112 Å². The number of hydrazine groups is 1. The van der Waals surface area contributed by atoms with E-state index in [0.29, 0.717) is 12.4 Å². The van der Waals surface area contributed by atoms with Crippen molar-refractivity contribution in [2.24, 2.45) is 5.84 Å². The molecule has 0 spiro atoms. The van der Waals surface area contributed by atoms with E-state index in [1.165, 1.54) is 0 Å². The van der Waals surface area contributed by atoms with Gasteiger partial charge in [0.05, 0.1) is 5.69 Å². The van der Waals surface area contributed by atoms with Gasteiger partial charge >= 0.3 is 0 Å². The topological polar surface area (TPSA) is 73.1 Å². The molecule has 0 aliphatic rings. The minimum Gasteiger partial charge on any atom is -0.385 e. The molecule has 0 atom stereocenters. The molecular weight excluding hydrogens is 240 g/mol. The van der Waals surface area contributed by atoms with E-state index in [4.69, 9.17) is 10.6 Å². The molecule has 0 unspecified atom stereocenters. The fraction of sp³-hybridized carbons (Fsp3) is 0.286. The number of rotatable bonds is 6. The van der Waals surface area contributed by atoms with Gasteiger partial charge in [0, 0.05) is 31.8 Å². The molecule has 0 aliphatic carbocycles. The molecule has 5 heteroatoms. The first-order valence-corrected chi connectivity index (χ1v) is 6.22. The van der Waals surface area contributed by atoms with Crippen LogP contribution in [0.2, 0.25) is 0 Å². The largest absolute Gasteiger partial charge is 0.385 e. The van der Waals surface area contributed by atoms with Crippen LogP contribution in [-0.2, 0) is 11.2 Å². The summed E-state index contributed by atoms with van der Waals surface area (Å²) in [5, 5.41) is 0. The van der Waals surface area contributed by atoms with Crippen LogP contribution in [0.15, 0.2) is 36.4 Å². The Morgan fingerprint density at radius 3 is 2.68 bits per heavy atom. The van der Waals surface area contributed by atoms with E-state index < -0.39 is 0 Å². The van der Waals surface area contributed by atoms with E-state index in [1.54, 1.807) is 7.11 Å². The van der Waals surface area contributed by atoms with Crippen molar-refractivity contribution in [1.29, 1.82) is 0 Å². The predicted molar refractivity (Wildman–Crippen MR) is 75.5 cm³/mol. The van der Waals surface area contributed by atoms with E-state index in [1.807, 2.05) is 36.4 Å². The van der Waals surface area contributed by atoms with Gasteiger partial charge < -0.3 is 10.2 Å². The van der Waals surface area contributed by atoms with Crippen LogP contribution in [-0.4, -0.2) is 23.7 Å². The number of benzene rings is 1. The third kappa shape index (κ3) is 3.74. The molecule has 5 nitrogen and oxygen atoms in total. The van der Waals surface area contributed by atoms with Crippen LogP contribution in [0, 0.1) is 0 Å². The Morgan fingerprint density at radius 1 is 1.21 bits per heavy atom. The number of ether oxygens (including phenoxy) is 1. The minimum atomic E-state index is 0.626. The van der Waals surface area contributed by atoms with Crippen LogP contribution in [0.5, 0.6) is 0 Å². The number of aryl methyl sites for hydroxylation is 1. The number of aromatic nitrogens is 2. The maximum absolute atomic E-state index is 5.46. The fourth-order valence-corrected chi connectivity index (χ4v) is 1.81. The van der Waals surface area contributed by atoms with Crippen LogP contribution in [0.3, 0.4) is 0 Å². The van der Waals surface area contributed by atoms with E-state index in [9.17, 15) is 0 Å². The lowest BCUT2D eigenvalue weighted by atomic mass is 10.1. The molecule has 0 saturated heterocycles. The van der Waals surface area contributed by atoms with Gasteiger partial charge in [-0.15, -0.1) is 0 Å². The number of hydrogen-bond acceptors (Lipinski definition) is 5. The monoisotopic (exact) mass is 258 g/mol. The average molecular weight is 258 g/mol. The second-order valence-electron chi connectivity index (χ2n) is 4.16. The normalized spacial score (nSPS) is 10.4. The lowest BCUT2D eigenvalue weighted by Gasteiger charge is -2.07. The lowest BCUT2D eigenvalue weighted by Crippen LogP contribution is -2.11. The van der Waals surface area contributed by atoms with Crippen molar-refractivity contribution in [3.8, 4) is 11.3 Å². The zero-order valence-electron chi connectivity index (χ0n) is 11.0. The number of methoxy groups -OCH3 is 1. The number of hydrogen-bond donors (Lipinski definition) is 2. The molecule has 0 amide bonds. The summed E-state index contributed by atoms with van der Waals surface area (Å²) in [6, 6.07) is 11.8. The van der Waals surface area contributed by atoms with E-state index in [-0.39, 0.29) is 0 Å². The summed E-state index contributed by atoms with van der Waals surface area (Å²) in [6.45, 7) is 0.699. The molecule has 0 fully saturated rings. The van der Waals surface area contributed by atoms with Gasteiger partial charge in [0.15, 0.2) is 0 Å². The minimum absolute atomic E-state index is 0.626. The second-order valence-corrected chi connectivity index (χ2v) is 4.16. The summed E-state index contributed by atoms with van der Waals surface area (Å²) in [5.41, 5.74) is 4.51. The van der Waals surface area contributed by atoms with E-state index >= 15 is 0 Å². The third-order valence-electron chi connectivity index (χ3n) is 2.74. The van der Waals surface area contributed by atoms with Gasteiger partial charge in [0.2, 0.25) is 0 Å². The molecule has 0 bridgehead atoms. The first-order chi connectivity index (χ1) is 9.33. The summed E-state index contributed by atoms with van der Waals surface area (Å²) >= 11 is 0. The van der Waals surface area contributed by atoms with Crippen LogP contribution < -0.4 is 11.3 Å². The van der Waals surface area contributed by atoms with Crippen molar-refractivity contribution in [2.75, 3.05) is 19.1 Å². The Hall–Kier alpha value is -1.98. The molecule has 1 aromatic heterocycles. The highest BCUT2D eigenvalue weighted by Gasteiger charge is 2.06. The van der Waals surface area contributed by atoms with Crippen molar-refractivity contribution in [3.05, 3.63) is 42.2 Å². The molecule has 0 radical (unpaired) electrons. The highest BCUT2D eigenvalue weighted by atomic mass is 16.5. The summed E-state index contributed by atoms with van der Waals surface area (Å²) < 4.78 is 5.04. The molecule has 3 N–H and O–H groups in total. The molecule has 19 heavy (non-hydrogen) atoms. The van der Waals surface area contributed by atoms with Gasteiger partial charge in [-0.1, -0.05) is 30.3 Å². The van der Waals surface area contributed by atoms with Crippen molar-refractivity contribution < 1.29 is 4.74 Å². The molecule has 1 heterocycles. The van der Waals surface area contributed by atoms with E-state index in [0.717, 1.165) is 29.9 Å². The Bertz CT molecular complexity index is 516. The van der Waals surface area contributed by atoms with Crippen molar-refractivity contribution in [1.82, 2.24) is 9.97 Å². The zero-order valence-corrected chi connectivity index (χ0v) is 11.0. The smallest absolute Gasteiger partial charge is 0.144 e. The van der Waals surface area contributed by atoms with Gasteiger partial charge in [-0.25, -0.2) is 15.8 Å². The second kappa shape index (κ2) is 6.82. The van der Waals surface area contributed by atoms with Gasteiger partial charge in [-0.3, -0.25) is 0 Å². The zero-order chi connectivity index (χ0) is 13.5. The van der Waals surface area contributed by atoms with Crippen LogP contribution in [0.1, 0.15) is 12.2 Å². The van der Waals surface area contributed by atoms with Crippen LogP contribution in [0.4, 0.5) is 5.82 Å². The van der Waals surface area contributed by atoms with Gasteiger partial charge in [-0.2, -0.15) is 0 Å². The average Bonchev–Trinajstić information content (AvgIpc) is 2.48. The first-order valence-electron chi connectivity index (χ1n) is 6.22. The summed E-state index contributed by atoms with van der Waals surface area (Å²) in [7, 11) is 1.69. The van der Waals surface area contributed by atoms with Gasteiger partial charge in [0.25, 0.3) is 0 Å². The number of nitrogens with one attached hydrogen (secondary N) is 1. The molecule has 2 rings (SSSR count). The standard InChI is InChI=1S/C14H18N4O/c1-19-9-5-8-13-16-12(10-14(17-13)18-15)11-6-3-2-4-7-11/h2-4,6-7,10H,5,8-9,15H2,1H3,(H,16,17,18). The summed E-state index contributed by atoms with van der Waals surface area (Å²) in [6.07, 6.45) is 1.65. The van der Waals surface area contributed by atoms with Gasteiger partial charge in [0.1, 0.15) is 11.6 Å². The third-order valence-corrected chi connectivity index (χ3v) is 2.74. The van der Waals surface area contributed by atoms with Crippen molar-refractivity contribution in [2.45, 2.75) is 12.8 Å². The Kier molecular flexibility index (Phi) is 4.83. The molecule has 1 aromatic carbocycles. The number of anilines is 1. The Morgan fingerprint density at radius 2 is 2.00 bits per heavy atom. The van der Waals surface area contributed by atoms with Gasteiger partial charge in [-0.05, 0) is 6.42 Å². The van der Waals surface area contributed by atoms with Crippen molar-refractivity contribution >= 4 is 5.82 Å². The first kappa shape index (κ1) is 13.5. The molecule has 0 saturated carbocycles. The van der Waals surface area contributed by atoms with Crippen molar-refractivity contribution in [3.63, 3.8) is 0 Å². The summed E-state index contributed by atoms with van der Waals surface area (Å²) in [5.74, 6) is 6.85. The number of nitrogen functional groups attached to an aromatic ring is 1.